The molecule has 0 aliphatic heterocycles. The van der Waals surface area contributed by atoms with Crippen molar-refractivity contribution in [3.05, 3.63) is 64.7 Å². The molecule has 0 saturated carbocycles. The number of thiocarbonyl (C=S) groups is 1. The van der Waals surface area contributed by atoms with Gasteiger partial charge in [-0.05, 0) is 49.5 Å². The third-order valence-electron chi connectivity index (χ3n) is 3.54. The summed E-state index contributed by atoms with van der Waals surface area (Å²) in [6.45, 7) is 1.78. The average Bonchev–Trinajstić information content (AvgIpc) is 2.59. The van der Waals surface area contributed by atoms with E-state index in [0.717, 1.165) is 5.56 Å². The van der Waals surface area contributed by atoms with Gasteiger partial charge in [-0.1, -0.05) is 17.7 Å². The molecule has 28 heavy (non-hydrogen) atoms. The Morgan fingerprint density at radius 1 is 0.964 bits per heavy atom. The molecule has 2 rings (SSSR count). The third kappa shape index (κ3) is 5.20. The van der Waals surface area contributed by atoms with Crippen molar-refractivity contribution in [3.63, 3.8) is 0 Å². The van der Waals surface area contributed by atoms with Crippen LogP contribution in [0.4, 0.5) is 32.0 Å². The number of benzene rings is 2. The summed E-state index contributed by atoms with van der Waals surface area (Å²) in [6.07, 6.45) is -10.2. The quantitative estimate of drug-likeness (QED) is 0.409. The van der Waals surface area contributed by atoms with E-state index in [1.54, 1.807) is 19.1 Å². The summed E-state index contributed by atoms with van der Waals surface area (Å²) < 4.78 is 77.2. The largest absolute Gasteiger partial charge is 0.416 e. The molecule has 0 aromatic heterocycles. The van der Waals surface area contributed by atoms with E-state index in [9.17, 15) is 36.3 Å². The number of carbonyl (C=O) groups is 1. The molecule has 0 heterocycles. The van der Waals surface area contributed by atoms with Gasteiger partial charge in [0.2, 0.25) is 5.11 Å². The number of hydrogen-bond donors (Lipinski definition) is 2. The van der Waals surface area contributed by atoms with Crippen LogP contribution in [0.25, 0.3) is 0 Å². The van der Waals surface area contributed by atoms with E-state index in [4.69, 9.17) is 12.2 Å². The van der Waals surface area contributed by atoms with Gasteiger partial charge in [0.25, 0.3) is 5.91 Å². The van der Waals surface area contributed by atoms with Crippen LogP contribution in [0, 0.1) is 6.92 Å². The second-order valence-electron chi connectivity index (χ2n) is 5.70. The van der Waals surface area contributed by atoms with Gasteiger partial charge in [0.1, 0.15) is 0 Å². The molecular weight excluding hydrogens is 410 g/mol. The monoisotopic (exact) mass is 422 g/mol. The molecule has 0 bridgehead atoms. The minimum Gasteiger partial charge on any atom is -0.297 e. The summed E-state index contributed by atoms with van der Waals surface area (Å²) in [4.78, 5) is 12.1. The van der Waals surface area contributed by atoms with Gasteiger partial charge in [0.15, 0.2) is 0 Å². The molecule has 11 heteroatoms. The molecule has 4 nitrogen and oxygen atoms in total. The smallest absolute Gasteiger partial charge is 0.297 e. The highest BCUT2D eigenvalue weighted by Gasteiger charge is 2.37. The van der Waals surface area contributed by atoms with Crippen molar-refractivity contribution in [3.8, 4) is 0 Å². The number of anilines is 1. The Morgan fingerprint density at radius 3 is 1.86 bits per heavy atom. The lowest BCUT2D eigenvalue weighted by molar-refractivity contribution is -0.143. The van der Waals surface area contributed by atoms with E-state index in [1.807, 2.05) is 5.32 Å². The first kappa shape index (κ1) is 21.6. The highest BCUT2D eigenvalue weighted by atomic mass is 32.1. The number of hydrogen-bond acceptors (Lipinski definition) is 3. The van der Waals surface area contributed by atoms with Gasteiger partial charge in [-0.3, -0.25) is 15.3 Å². The first-order valence-electron chi connectivity index (χ1n) is 7.49. The predicted molar refractivity (Wildman–Crippen MR) is 92.0 cm³/mol. The van der Waals surface area contributed by atoms with E-state index in [1.165, 1.54) is 12.1 Å². The van der Waals surface area contributed by atoms with E-state index in [2.05, 4.69) is 0 Å². The standard InChI is InChI=1S/C17H12F6N2O2S/c1-9-2-4-13(5-3-9)25(27)15(28)24-14(26)10-6-11(16(18,19)20)8-12(7-10)17(21,22)23/h2-8,27H,1H3,(H,24,26,28). The Labute approximate surface area is 160 Å². The minimum absolute atomic E-state index is 0.0975. The minimum atomic E-state index is -5.10. The molecule has 0 unspecified atom stereocenters. The number of aryl methyl sites for hydroxylation is 1. The van der Waals surface area contributed by atoms with Crippen LogP contribution < -0.4 is 10.4 Å². The van der Waals surface area contributed by atoms with Crippen LogP contribution in [0.3, 0.4) is 0 Å². The zero-order valence-corrected chi connectivity index (χ0v) is 14.8. The van der Waals surface area contributed by atoms with Crippen LogP contribution in [0.2, 0.25) is 0 Å². The molecule has 1 amide bonds. The Bertz CT molecular complexity index is 862. The normalized spacial score (nSPS) is 11.9. The van der Waals surface area contributed by atoms with Crippen LogP contribution in [0.1, 0.15) is 27.0 Å². The summed E-state index contributed by atoms with van der Waals surface area (Å²) in [5.41, 5.74) is -3.20. The topological polar surface area (TPSA) is 52.6 Å². The molecule has 150 valence electrons. The van der Waals surface area contributed by atoms with Gasteiger partial charge in [0.05, 0.1) is 16.8 Å². The SMILES string of the molecule is Cc1ccc(N(O)C(=S)NC(=O)c2cc(C(F)(F)F)cc(C(F)(F)F)c2)cc1. The predicted octanol–water partition coefficient (Wildman–Crippen LogP) is 4.94. The first-order chi connectivity index (χ1) is 12.8. The van der Waals surface area contributed by atoms with Gasteiger partial charge in [-0.15, -0.1) is 0 Å². The second-order valence-corrected chi connectivity index (χ2v) is 6.09. The number of halogens is 6. The van der Waals surface area contributed by atoms with Crippen molar-refractivity contribution in [1.29, 1.82) is 0 Å². The van der Waals surface area contributed by atoms with Crippen molar-refractivity contribution in [2.24, 2.45) is 0 Å². The fourth-order valence-corrected chi connectivity index (χ4v) is 2.31. The summed E-state index contributed by atoms with van der Waals surface area (Å²) >= 11 is 4.78. The van der Waals surface area contributed by atoms with Crippen molar-refractivity contribution >= 4 is 28.9 Å². The Kier molecular flexibility index (Phi) is 6.00. The lowest BCUT2D eigenvalue weighted by Crippen LogP contribution is -2.41. The molecule has 2 aromatic rings. The van der Waals surface area contributed by atoms with Crippen molar-refractivity contribution in [1.82, 2.24) is 5.32 Å². The molecule has 0 aliphatic carbocycles. The molecule has 2 N–H and O–H groups in total. The number of nitrogens with one attached hydrogen (secondary N) is 1. The van der Waals surface area contributed by atoms with Crippen LogP contribution in [-0.4, -0.2) is 16.2 Å². The molecule has 0 saturated heterocycles. The molecule has 0 fully saturated rings. The maximum absolute atomic E-state index is 12.9. The Morgan fingerprint density at radius 2 is 1.43 bits per heavy atom. The summed E-state index contributed by atoms with van der Waals surface area (Å²) in [7, 11) is 0. The molecule has 0 aliphatic rings. The molecule has 0 spiro atoms. The number of hydroxylamine groups is 1. The van der Waals surface area contributed by atoms with Gasteiger partial charge < -0.3 is 0 Å². The second kappa shape index (κ2) is 7.76. The zero-order chi connectivity index (χ0) is 21.3. The molecular formula is C17H12F6N2O2S. The van der Waals surface area contributed by atoms with Gasteiger partial charge in [-0.25, -0.2) is 0 Å². The van der Waals surface area contributed by atoms with Crippen LogP contribution in [-0.2, 0) is 12.4 Å². The average molecular weight is 422 g/mol. The Hall–Kier alpha value is -2.66. The van der Waals surface area contributed by atoms with Gasteiger partial charge in [0, 0.05) is 5.56 Å². The maximum Gasteiger partial charge on any atom is 0.416 e. The van der Waals surface area contributed by atoms with E-state index in [-0.39, 0.29) is 23.9 Å². The number of carbonyl (C=O) groups excluding carboxylic acids is 1. The fraction of sp³-hybridized carbons (Fsp3) is 0.176. The number of rotatable bonds is 2. The summed E-state index contributed by atoms with van der Waals surface area (Å²) in [6, 6.07) is 6.55. The van der Waals surface area contributed by atoms with E-state index >= 15 is 0 Å². The maximum atomic E-state index is 12.9. The third-order valence-corrected chi connectivity index (χ3v) is 3.82. The number of amides is 1. The van der Waals surface area contributed by atoms with E-state index < -0.39 is 40.1 Å². The molecule has 0 radical (unpaired) electrons. The summed E-state index contributed by atoms with van der Waals surface area (Å²) in [5, 5.41) is 11.6. The van der Waals surface area contributed by atoms with Gasteiger partial charge in [-0.2, -0.15) is 31.4 Å². The van der Waals surface area contributed by atoms with Gasteiger partial charge >= 0.3 is 12.4 Å². The number of alkyl halides is 6. The van der Waals surface area contributed by atoms with Crippen LogP contribution >= 0.6 is 12.2 Å². The van der Waals surface area contributed by atoms with Crippen molar-refractivity contribution in [2.75, 3.05) is 5.06 Å². The lowest BCUT2D eigenvalue weighted by atomic mass is 10.0. The number of nitrogens with zero attached hydrogens (tertiary/aromatic N) is 1. The van der Waals surface area contributed by atoms with Crippen LogP contribution in [0.15, 0.2) is 42.5 Å². The van der Waals surface area contributed by atoms with Crippen molar-refractivity contribution in [2.45, 2.75) is 19.3 Å². The van der Waals surface area contributed by atoms with E-state index in [0.29, 0.717) is 5.06 Å². The fourth-order valence-electron chi connectivity index (χ4n) is 2.11. The summed E-state index contributed by atoms with van der Waals surface area (Å²) in [5.74, 6) is -1.34. The first-order valence-corrected chi connectivity index (χ1v) is 7.90. The Balaban J connectivity index is 2.30. The zero-order valence-electron chi connectivity index (χ0n) is 14.0. The van der Waals surface area contributed by atoms with Crippen LogP contribution in [0.5, 0.6) is 0 Å². The highest BCUT2D eigenvalue weighted by molar-refractivity contribution is 7.80. The molecule has 0 atom stereocenters. The lowest BCUT2D eigenvalue weighted by Gasteiger charge is -2.19. The highest BCUT2D eigenvalue weighted by Crippen LogP contribution is 2.36. The van der Waals surface area contributed by atoms with Crippen molar-refractivity contribution < 1.29 is 36.3 Å². The molecule has 2 aromatic carbocycles.